The van der Waals surface area contributed by atoms with Crippen molar-refractivity contribution in [2.24, 2.45) is 0 Å². The first-order chi connectivity index (χ1) is 14.5. The normalized spacial score (nSPS) is 10.6. The second-order valence-corrected chi connectivity index (χ2v) is 7.38. The van der Waals surface area contributed by atoms with Gasteiger partial charge >= 0.3 is 0 Å². The Kier molecular flexibility index (Phi) is 5.55. The number of halogens is 1. The molecule has 1 aromatic heterocycles. The number of carbonyl (C=O) groups is 1. The lowest BCUT2D eigenvalue weighted by Gasteiger charge is -2.19. The molecule has 0 radical (unpaired) electrons. The van der Waals surface area contributed by atoms with Crippen LogP contribution in [0.1, 0.15) is 16.1 Å². The van der Waals surface area contributed by atoms with Gasteiger partial charge in [0.05, 0.1) is 5.69 Å². The Morgan fingerprint density at radius 1 is 0.967 bits per heavy atom. The molecule has 0 bridgehead atoms. The summed E-state index contributed by atoms with van der Waals surface area (Å²) in [7, 11) is 1.80. The first kappa shape index (κ1) is 19.7. The smallest absolute Gasteiger partial charge is 0.289 e. The molecule has 1 amide bonds. The van der Waals surface area contributed by atoms with Gasteiger partial charge in [0.25, 0.3) is 5.91 Å². The summed E-state index contributed by atoms with van der Waals surface area (Å²) >= 11 is 6.06. The van der Waals surface area contributed by atoms with E-state index in [0.717, 1.165) is 22.5 Å². The highest BCUT2D eigenvalue weighted by molar-refractivity contribution is 6.30. The number of imidazole rings is 1. The third-order valence-corrected chi connectivity index (χ3v) is 5.09. The molecule has 0 spiro atoms. The number of hydrazine groups is 1. The molecule has 1 N–H and O–H groups in total. The predicted molar refractivity (Wildman–Crippen MR) is 121 cm³/mol. The van der Waals surface area contributed by atoms with E-state index in [9.17, 15) is 4.79 Å². The first-order valence-corrected chi connectivity index (χ1v) is 9.92. The molecule has 1 heterocycles. The lowest BCUT2D eigenvalue weighted by molar-refractivity contribution is 0.0947. The van der Waals surface area contributed by atoms with Crippen molar-refractivity contribution < 1.29 is 4.79 Å². The number of para-hydroxylation sites is 1. The van der Waals surface area contributed by atoms with Gasteiger partial charge < -0.3 is 0 Å². The molecule has 0 unspecified atom stereocenters. The monoisotopic (exact) mass is 416 g/mol. The standard InChI is InChI=1S/C24H21ClN4O/c1-17-8-6-7-11-21(17)23-26-22(16-29(23)20-14-12-18(25)13-15-20)24(30)27-28(2)19-9-4-3-5-10-19/h3-16H,1-2H3,(H,27,30). The van der Waals surface area contributed by atoms with Crippen LogP contribution in [0.25, 0.3) is 17.1 Å². The number of anilines is 1. The molecular formula is C24H21ClN4O. The predicted octanol–water partition coefficient (Wildman–Crippen LogP) is 5.28. The van der Waals surface area contributed by atoms with Crippen molar-refractivity contribution in [1.82, 2.24) is 15.0 Å². The first-order valence-electron chi connectivity index (χ1n) is 9.54. The number of carbonyl (C=O) groups excluding carboxylic acids is 1. The molecule has 0 saturated heterocycles. The number of aromatic nitrogens is 2. The van der Waals surface area contributed by atoms with Crippen LogP contribution in [0, 0.1) is 6.92 Å². The summed E-state index contributed by atoms with van der Waals surface area (Å²) in [6.07, 6.45) is 1.75. The van der Waals surface area contributed by atoms with Gasteiger partial charge in [-0.15, -0.1) is 0 Å². The van der Waals surface area contributed by atoms with Gasteiger partial charge in [-0.05, 0) is 48.9 Å². The number of rotatable bonds is 5. The number of hydrogen-bond donors (Lipinski definition) is 1. The van der Waals surface area contributed by atoms with Gasteiger partial charge in [-0.2, -0.15) is 0 Å². The van der Waals surface area contributed by atoms with Crippen molar-refractivity contribution in [2.45, 2.75) is 6.92 Å². The zero-order chi connectivity index (χ0) is 21.1. The fourth-order valence-corrected chi connectivity index (χ4v) is 3.35. The molecule has 0 fully saturated rings. The van der Waals surface area contributed by atoms with Gasteiger partial charge in [0.2, 0.25) is 0 Å². The Morgan fingerprint density at radius 3 is 2.33 bits per heavy atom. The number of nitrogens with zero attached hydrogens (tertiary/aromatic N) is 3. The minimum absolute atomic E-state index is 0.288. The van der Waals surface area contributed by atoms with Gasteiger partial charge in [0.1, 0.15) is 11.5 Å². The van der Waals surface area contributed by atoms with Crippen LogP contribution in [0.15, 0.2) is 85.1 Å². The van der Waals surface area contributed by atoms with E-state index in [0.29, 0.717) is 16.5 Å². The van der Waals surface area contributed by atoms with Gasteiger partial charge in [-0.3, -0.25) is 19.8 Å². The Labute approximate surface area is 180 Å². The Morgan fingerprint density at radius 2 is 1.63 bits per heavy atom. The molecular weight excluding hydrogens is 396 g/mol. The minimum Gasteiger partial charge on any atom is -0.299 e. The highest BCUT2D eigenvalue weighted by Crippen LogP contribution is 2.26. The number of aryl methyl sites for hydroxylation is 1. The van der Waals surface area contributed by atoms with E-state index in [1.54, 1.807) is 18.3 Å². The van der Waals surface area contributed by atoms with E-state index in [1.807, 2.05) is 90.4 Å². The molecule has 30 heavy (non-hydrogen) atoms. The zero-order valence-electron chi connectivity index (χ0n) is 16.7. The van der Waals surface area contributed by atoms with Gasteiger partial charge in [0.15, 0.2) is 0 Å². The molecule has 6 heteroatoms. The summed E-state index contributed by atoms with van der Waals surface area (Å²) in [5.74, 6) is 0.409. The van der Waals surface area contributed by atoms with Crippen LogP contribution in [0.2, 0.25) is 5.02 Å². The average molecular weight is 417 g/mol. The molecule has 0 aliphatic carbocycles. The van der Waals surface area contributed by atoms with Crippen molar-refractivity contribution >= 4 is 23.2 Å². The lowest BCUT2D eigenvalue weighted by atomic mass is 10.1. The quantitative estimate of drug-likeness (QED) is 0.450. The van der Waals surface area contributed by atoms with Crippen molar-refractivity contribution in [3.05, 3.63) is 101 Å². The molecule has 0 aliphatic heterocycles. The van der Waals surface area contributed by atoms with Crippen LogP contribution in [0.4, 0.5) is 5.69 Å². The number of nitrogens with one attached hydrogen (secondary N) is 1. The van der Waals surface area contributed by atoms with Gasteiger partial charge in [-0.1, -0.05) is 54.1 Å². The maximum atomic E-state index is 12.9. The molecule has 4 aromatic rings. The Bertz CT molecular complexity index is 1170. The zero-order valence-corrected chi connectivity index (χ0v) is 17.5. The fraction of sp³-hybridized carbons (Fsp3) is 0.0833. The number of benzene rings is 3. The third kappa shape index (κ3) is 4.07. The fourth-order valence-electron chi connectivity index (χ4n) is 3.23. The topological polar surface area (TPSA) is 50.2 Å². The van der Waals surface area contributed by atoms with Crippen molar-refractivity contribution in [2.75, 3.05) is 12.1 Å². The molecule has 5 nitrogen and oxygen atoms in total. The summed E-state index contributed by atoms with van der Waals surface area (Å²) in [6.45, 7) is 2.03. The lowest BCUT2D eigenvalue weighted by Crippen LogP contribution is -2.39. The summed E-state index contributed by atoms with van der Waals surface area (Å²) in [5, 5.41) is 2.33. The van der Waals surface area contributed by atoms with Crippen LogP contribution >= 0.6 is 11.6 Å². The van der Waals surface area contributed by atoms with Crippen molar-refractivity contribution in [1.29, 1.82) is 0 Å². The van der Waals surface area contributed by atoms with E-state index in [-0.39, 0.29) is 5.91 Å². The number of amides is 1. The summed E-state index contributed by atoms with van der Waals surface area (Å²) in [5.41, 5.74) is 6.99. The molecule has 4 rings (SSSR count). The van der Waals surface area contributed by atoms with Crippen LogP contribution in [-0.2, 0) is 0 Å². The van der Waals surface area contributed by atoms with E-state index in [2.05, 4.69) is 10.4 Å². The van der Waals surface area contributed by atoms with E-state index >= 15 is 0 Å². The summed E-state index contributed by atoms with van der Waals surface area (Å²) < 4.78 is 1.91. The van der Waals surface area contributed by atoms with Gasteiger partial charge in [0, 0.05) is 29.5 Å². The number of hydrogen-bond acceptors (Lipinski definition) is 3. The Balaban J connectivity index is 1.72. The summed E-state index contributed by atoms with van der Waals surface area (Å²) in [4.78, 5) is 17.6. The molecule has 0 atom stereocenters. The molecule has 0 aliphatic rings. The largest absolute Gasteiger partial charge is 0.299 e. The van der Waals surface area contributed by atoms with Crippen LogP contribution in [0.5, 0.6) is 0 Å². The second-order valence-electron chi connectivity index (χ2n) is 6.95. The van der Waals surface area contributed by atoms with Crippen LogP contribution in [-0.4, -0.2) is 22.5 Å². The molecule has 150 valence electrons. The molecule has 3 aromatic carbocycles. The summed E-state index contributed by atoms with van der Waals surface area (Å²) in [6, 6.07) is 25.0. The maximum Gasteiger partial charge on any atom is 0.289 e. The Hall–Kier alpha value is -3.57. The maximum absolute atomic E-state index is 12.9. The van der Waals surface area contributed by atoms with E-state index in [1.165, 1.54) is 0 Å². The van der Waals surface area contributed by atoms with Crippen LogP contribution in [0.3, 0.4) is 0 Å². The average Bonchev–Trinajstić information content (AvgIpc) is 3.20. The van der Waals surface area contributed by atoms with E-state index in [4.69, 9.17) is 11.6 Å². The molecule has 0 saturated carbocycles. The van der Waals surface area contributed by atoms with Crippen molar-refractivity contribution in [3.8, 4) is 17.1 Å². The SMILES string of the molecule is Cc1ccccc1-c1nc(C(=O)NN(C)c2ccccc2)cn1-c1ccc(Cl)cc1. The highest BCUT2D eigenvalue weighted by Gasteiger charge is 2.19. The second kappa shape index (κ2) is 8.43. The third-order valence-electron chi connectivity index (χ3n) is 4.84. The van der Waals surface area contributed by atoms with Crippen molar-refractivity contribution in [3.63, 3.8) is 0 Å². The van der Waals surface area contributed by atoms with Gasteiger partial charge in [-0.25, -0.2) is 4.98 Å². The minimum atomic E-state index is -0.288. The van der Waals surface area contributed by atoms with E-state index < -0.39 is 0 Å². The van der Waals surface area contributed by atoms with Crippen LogP contribution < -0.4 is 10.4 Å². The highest BCUT2D eigenvalue weighted by atomic mass is 35.5.